The van der Waals surface area contributed by atoms with E-state index in [1.54, 1.807) is 0 Å². The van der Waals surface area contributed by atoms with E-state index in [2.05, 4.69) is 38.2 Å². The molecule has 1 N–H and O–H groups in total. The lowest BCUT2D eigenvalue weighted by Crippen LogP contribution is -2.37. The Morgan fingerprint density at radius 3 is 1.80 bits per heavy atom. The van der Waals surface area contributed by atoms with Gasteiger partial charge >= 0.3 is 13.8 Å². The third-order valence-electron chi connectivity index (χ3n) is 7.77. The average Bonchev–Trinajstić information content (AvgIpc) is 2.99. The average molecular weight is 675 g/mol. The van der Waals surface area contributed by atoms with Gasteiger partial charge in [0.05, 0.1) is 34.4 Å². The Bertz CT molecular complexity index is 797. The molecule has 0 bridgehead atoms. The van der Waals surface area contributed by atoms with Gasteiger partial charge in [0.1, 0.15) is 19.3 Å². The Balaban J connectivity index is 4.32. The number of carbonyl (C=O) groups is 1. The molecule has 0 rings (SSSR count). The van der Waals surface area contributed by atoms with Gasteiger partial charge in [0.15, 0.2) is 0 Å². The summed E-state index contributed by atoms with van der Waals surface area (Å²) in [6.45, 7) is 5.56. The van der Waals surface area contributed by atoms with Crippen molar-refractivity contribution < 1.29 is 37.3 Å². The highest BCUT2D eigenvalue weighted by Gasteiger charge is 2.26. The molecular formula is C37H73NO7P+. The number of phosphoric ester groups is 1. The molecule has 0 saturated heterocycles. The molecule has 9 heteroatoms. The summed E-state index contributed by atoms with van der Waals surface area (Å²) in [5, 5.41) is 0. The highest BCUT2D eigenvalue weighted by atomic mass is 31.2. The topological polar surface area (TPSA) is 91.3 Å². The van der Waals surface area contributed by atoms with Crippen LogP contribution in [-0.2, 0) is 27.9 Å². The summed E-state index contributed by atoms with van der Waals surface area (Å²) in [5.41, 5.74) is 0. The Labute approximate surface area is 283 Å². The lowest BCUT2D eigenvalue weighted by atomic mass is 10.1. The molecule has 0 spiro atoms. The molecule has 0 heterocycles. The minimum absolute atomic E-state index is 0.0870. The number of esters is 1. The van der Waals surface area contributed by atoms with Gasteiger partial charge in [0, 0.05) is 13.0 Å². The second kappa shape index (κ2) is 31.3. The smallest absolute Gasteiger partial charge is 0.457 e. The number of phosphoric acid groups is 1. The van der Waals surface area contributed by atoms with Crippen molar-refractivity contribution in [2.24, 2.45) is 0 Å². The second-order valence-corrected chi connectivity index (χ2v) is 15.1. The zero-order valence-electron chi connectivity index (χ0n) is 30.6. The molecule has 0 fully saturated rings. The van der Waals surface area contributed by atoms with Gasteiger partial charge in [0.2, 0.25) is 0 Å². The first-order valence-electron chi connectivity index (χ1n) is 18.6. The van der Waals surface area contributed by atoms with Crippen LogP contribution in [-0.4, -0.2) is 75.6 Å². The molecule has 272 valence electrons. The molecule has 0 aromatic carbocycles. The number of quaternary nitrogens is 1. The van der Waals surface area contributed by atoms with Gasteiger partial charge in [-0.05, 0) is 44.9 Å². The molecule has 0 aromatic rings. The van der Waals surface area contributed by atoms with Crippen molar-refractivity contribution in [3.05, 3.63) is 24.3 Å². The van der Waals surface area contributed by atoms with Crippen LogP contribution in [0.25, 0.3) is 0 Å². The van der Waals surface area contributed by atoms with Crippen molar-refractivity contribution in [3.63, 3.8) is 0 Å². The van der Waals surface area contributed by atoms with Crippen LogP contribution in [0.4, 0.5) is 0 Å². The Kier molecular flexibility index (Phi) is 30.6. The molecule has 0 saturated carbocycles. The van der Waals surface area contributed by atoms with Crippen LogP contribution in [0.5, 0.6) is 0 Å². The molecule has 0 radical (unpaired) electrons. The Morgan fingerprint density at radius 2 is 1.20 bits per heavy atom. The summed E-state index contributed by atoms with van der Waals surface area (Å²) in [7, 11) is 1.66. The second-order valence-electron chi connectivity index (χ2n) is 13.6. The van der Waals surface area contributed by atoms with E-state index in [9.17, 15) is 14.3 Å². The van der Waals surface area contributed by atoms with Gasteiger partial charge in [-0.25, -0.2) is 4.57 Å². The van der Waals surface area contributed by atoms with Gasteiger partial charge in [-0.3, -0.25) is 13.8 Å². The summed E-state index contributed by atoms with van der Waals surface area (Å²) >= 11 is 0. The number of carbonyl (C=O) groups excluding carboxylic acids is 1. The maximum Gasteiger partial charge on any atom is 0.472 e. The number of nitrogens with zero attached hydrogens (tertiary/aromatic N) is 1. The molecule has 8 nitrogen and oxygen atoms in total. The predicted octanol–water partition coefficient (Wildman–Crippen LogP) is 10.1. The van der Waals surface area contributed by atoms with Crippen LogP contribution in [0.2, 0.25) is 0 Å². The van der Waals surface area contributed by atoms with E-state index >= 15 is 0 Å². The molecule has 0 aromatic heterocycles. The molecule has 0 aliphatic heterocycles. The third kappa shape index (κ3) is 34.3. The quantitative estimate of drug-likeness (QED) is 0.0239. The van der Waals surface area contributed by atoms with E-state index in [1.165, 1.54) is 70.6 Å². The molecule has 2 atom stereocenters. The number of unbranched alkanes of at least 4 members (excludes halogenated alkanes) is 16. The van der Waals surface area contributed by atoms with Gasteiger partial charge in [-0.1, -0.05) is 122 Å². The first-order chi connectivity index (χ1) is 22.1. The zero-order valence-corrected chi connectivity index (χ0v) is 31.5. The number of likely N-dealkylation sites (N-methyl/N-ethyl adjacent to an activating group) is 1. The normalized spacial score (nSPS) is 14.3. The molecule has 0 amide bonds. The minimum atomic E-state index is -4.26. The van der Waals surface area contributed by atoms with Crippen LogP contribution in [0.3, 0.4) is 0 Å². The van der Waals surface area contributed by atoms with E-state index in [4.69, 9.17) is 18.5 Å². The van der Waals surface area contributed by atoms with Crippen molar-refractivity contribution in [1.29, 1.82) is 0 Å². The van der Waals surface area contributed by atoms with Gasteiger partial charge in [-0.15, -0.1) is 0 Å². The summed E-state index contributed by atoms with van der Waals surface area (Å²) < 4.78 is 34.7. The first-order valence-corrected chi connectivity index (χ1v) is 20.1. The summed E-state index contributed by atoms with van der Waals surface area (Å²) in [6.07, 6.45) is 32.0. The number of rotatable bonds is 34. The Morgan fingerprint density at radius 1 is 0.674 bits per heavy atom. The van der Waals surface area contributed by atoms with E-state index < -0.39 is 13.9 Å². The number of hydrogen-bond acceptors (Lipinski definition) is 6. The molecule has 2 unspecified atom stereocenters. The van der Waals surface area contributed by atoms with E-state index in [1.807, 2.05) is 21.1 Å². The first kappa shape index (κ1) is 45.0. The maximum absolute atomic E-state index is 12.6. The number of ether oxygens (including phenoxy) is 2. The van der Waals surface area contributed by atoms with Crippen molar-refractivity contribution >= 4 is 13.8 Å². The molecule has 46 heavy (non-hydrogen) atoms. The fourth-order valence-corrected chi connectivity index (χ4v) is 5.56. The van der Waals surface area contributed by atoms with Crippen molar-refractivity contribution in [1.82, 2.24) is 0 Å². The highest BCUT2D eigenvalue weighted by Crippen LogP contribution is 2.43. The molecule has 0 aliphatic carbocycles. The van der Waals surface area contributed by atoms with Gasteiger partial charge in [0.25, 0.3) is 0 Å². The molecular weight excluding hydrogens is 601 g/mol. The zero-order chi connectivity index (χ0) is 34.2. The fraction of sp³-hybridized carbons (Fsp3) is 0.865. The number of hydrogen-bond donors (Lipinski definition) is 1. The van der Waals surface area contributed by atoms with E-state index in [-0.39, 0.29) is 25.8 Å². The van der Waals surface area contributed by atoms with Crippen LogP contribution >= 0.6 is 7.82 Å². The largest absolute Gasteiger partial charge is 0.472 e. The van der Waals surface area contributed by atoms with Crippen LogP contribution < -0.4 is 0 Å². The van der Waals surface area contributed by atoms with Gasteiger partial charge < -0.3 is 18.9 Å². The monoisotopic (exact) mass is 675 g/mol. The third-order valence-corrected chi connectivity index (χ3v) is 8.75. The minimum Gasteiger partial charge on any atom is -0.457 e. The lowest BCUT2D eigenvalue weighted by Gasteiger charge is -2.24. The van der Waals surface area contributed by atoms with Crippen LogP contribution in [0.1, 0.15) is 149 Å². The van der Waals surface area contributed by atoms with Crippen LogP contribution in [0, 0.1) is 0 Å². The summed E-state index contributed by atoms with van der Waals surface area (Å²) in [5.74, 6) is -0.329. The fourth-order valence-electron chi connectivity index (χ4n) is 4.82. The standard InChI is InChI=1S/C37H72NO7P/c1-6-8-10-12-14-16-17-18-19-20-21-22-24-26-28-30-37(39)45-36(35-44-46(40,41)43-33-31-38(3,4)5)34-42-32-29-27-25-23-15-13-11-9-7-2/h14,16,18-19,36H,6-13,15,17,20-35H2,1-5H3/p+1/b16-14-,19-18-. The lowest BCUT2D eigenvalue weighted by molar-refractivity contribution is -0.870. The van der Waals surface area contributed by atoms with Crippen molar-refractivity contribution in [2.75, 3.05) is 54.1 Å². The van der Waals surface area contributed by atoms with Crippen molar-refractivity contribution in [2.45, 2.75) is 155 Å². The van der Waals surface area contributed by atoms with E-state index in [0.29, 0.717) is 24.1 Å². The van der Waals surface area contributed by atoms with E-state index in [0.717, 1.165) is 57.8 Å². The predicted molar refractivity (Wildman–Crippen MR) is 192 cm³/mol. The SMILES string of the molecule is CCCCC/C=C\C/C=C\CCCCCCCC(=O)OC(COCCCCCCCCCCC)COP(=O)(O)OCC[N+](C)(C)C. The van der Waals surface area contributed by atoms with Crippen molar-refractivity contribution in [3.8, 4) is 0 Å². The van der Waals surface area contributed by atoms with Gasteiger partial charge in [-0.2, -0.15) is 0 Å². The highest BCUT2D eigenvalue weighted by molar-refractivity contribution is 7.47. The number of allylic oxidation sites excluding steroid dienone is 4. The Hall–Kier alpha value is -1.02. The summed E-state index contributed by atoms with van der Waals surface area (Å²) in [6, 6.07) is 0. The molecule has 0 aliphatic rings. The maximum atomic E-state index is 12.6. The van der Waals surface area contributed by atoms with Crippen LogP contribution in [0.15, 0.2) is 24.3 Å². The summed E-state index contributed by atoms with van der Waals surface area (Å²) in [4.78, 5) is 22.7.